The van der Waals surface area contributed by atoms with Gasteiger partial charge in [0.2, 0.25) is 0 Å². The van der Waals surface area contributed by atoms with Gasteiger partial charge in [0.05, 0.1) is 36.0 Å². The van der Waals surface area contributed by atoms with E-state index in [1.165, 1.54) is 0 Å². The second kappa shape index (κ2) is 11.5. The number of nitriles is 1. The molecule has 0 aromatic heterocycles. The monoisotopic (exact) mass is 437 g/mol. The maximum atomic E-state index is 11.4. The highest BCUT2D eigenvalue weighted by Gasteiger charge is 2.24. The molecule has 2 aromatic carbocycles. The van der Waals surface area contributed by atoms with E-state index < -0.39 is 5.97 Å². The molecule has 0 aliphatic carbocycles. The molecule has 3 rings (SSSR count). The van der Waals surface area contributed by atoms with Crippen LogP contribution in [-0.2, 0) is 14.3 Å². The maximum Gasteiger partial charge on any atom is 0.304 e. The minimum Gasteiger partial charge on any atom is -0.481 e. The van der Waals surface area contributed by atoms with Crippen molar-refractivity contribution < 1.29 is 19.4 Å². The lowest BCUT2D eigenvalue weighted by atomic mass is 9.94. The minimum atomic E-state index is -0.857. The lowest BCUT2D eigenvalue weighted by Gasteiger charge is -2.37. The van der Waals surface area contributed by atoms with Gasteiger partial charge in [-0.15, -0.1) is 0 Å². The van der Waals surface area contributed by atoms with Gasteiger partial charge in [-0.05, 0) is 55.7 Å². The molecule has 1 saturated heterocycles. The molecule has 0 amide bonds. The molecule has 1 aliphatic rings. The van der Waals surface area contributed by atoms with Crippen molar-refractivity contribution in [2.45, 2.75) is 38.1 Å². The smallest absolute Gasteiger partial charge is 0.304 e. The topological polar surface area (TPSA) is 94.8 Å². The SMILES string of the molecule is CCN(c1ccc(C(COC)CC(=O)O)cc1Nc1cccc(C#N)c1)C1CCOCC1. The Morgan fingerprint density at radius 2 is 2.09 bits per heavy atom. The first-order chi connectivity index (χ1) is 15.5. The summed E-state index contributed by atoms with van der Waals surface area (Å²) in [6.07, 6.45) is 1.92. The predicted octanol–water partition coefficient (Wildman–Crippen LogP) is 4.51. The van der Waals surface area contributed by atoms with Crippen LogP contribution in [0.25, 0.3) is 0 Å². The van der Waals surface area contributed by atoms with Crippen LogP contribution in [0.1, 0.15) is 43.2 Å². The summed E-state index contributed by atoms with van der Waals surface area (Å²) in [5.74, 6) is -1.11. The van der Waals surface area contributed by atoms with E-state index in [0.717, 1.165) is 55.2 Å². The van der Waals surface area contributed by atoms with Gasteiger partial charge in [0.15, 0.2) is 0 Å². The van der Waals surface area contributed by atoms with E-state index in [9.17, 15) is 15.2 Å². The molecule has 32 heavy (non-hydrogen) atoms. The van der Waals surface area contributed by atoms with Crippen LogP contribution in [0.15, 0.2) is 42.5 Å². The Morgan fingerprint density at radius 1 is 1.31 bits per heavy atom. The highest BCUT2D eigenvalue weighted by Crippen LogP contribution is 2.36. The number of hydrogen-bond acceptors (Lipinski definition) is 6. The zero-order valence-corrected chi connectivity index (χ0v) is 18.7. The number of carbonyl (C=O) groups is 1. The summed E-state index contributed by atoms with van der Waals surface area (Å²) in [4.78, 5) is 13.8. The van der Waals surface area contributed by atoms with E-state index >= 15 is 0 Å². The van der Waals surface area contributed by atoms with Crippen LogP contribution in [0.3, 0.4) is 0 Å². The number of ether oxygens (including phenoxy) is 2. The van der Waals surface area contributed by atoms with Crippen molar-refractivity contribution >= 4 is 23.0 Å². The number of carboxylic acids is 1. The van der Waals surface area contributed by atoms with Crippen molar-refractivity contribution in [3.8, 4) is 6.07 Å². The number of aliphatic carboxylic acids is 1. The molecule has 1 atom stereocenters. The zero-order chi connectivity index (χ0) is 22.9. The molecule has 1 fully saturated rings. The van der Waals surface area contributed by atoms with Crippen molar-refractivity contribution in [3.63, 3.8) is 0 Å². The van der Waals surface area contributed by atoms with Crippen molar-refractivity contribution in [2.75, 3.05) is 43.7 Å². The average molecular weight is 438 g/mol. The fourth-order valence-electron chi connectivity index (χ4n) is 4.29. The van der Waals surface area contributed by atoms with E-state index in [1.54, 1.807) is 13.2 Å². The minimum absolute atomic E-state index is 0.00595. The Balaban J connectivity index is 2.02. The molecular weight excluding hydrogens is 406 g/mol. The normalized spacial score (nSPS) is 15.0. The standard InChI is InChI=1S/C25H31N3O4/c1-3-28(22-9-11-32-12-10-22)24-8-7-19(20(17-31-2)15-25(29)30)14-23(24)27-21-6-4-5-18(13-21)16-26/h4-8,13-14,20,22,27H,3,9-12,15,17H2,1-2H3,(H,29,30). The number of rotatable bonds is 10. The zero-order valence-electron chi connectivity index (χ0n) is 18.7. The summed E-state index contributed by atoms with van der Waals surface area (Å²) >= 11 is 0. The molecule has 0 radical (unpaired) electrons. The summed E-state index contributed by atoms with van der Waals surface area (Å²) in [7, 11) is 1.58. The van der Waals surface area contributed by atoms with Crippen molar-refractivity contribution in [3.05, 3.63) is 53.6 Å². The van der Waals surface area contributed by atoms with Gasteiger partial charge in [-0.1, -0.05) is 12.1 Å². The number of benzene rings is 2. The van der Waals surface area contributed by atoms with E-state index in [1.807, 2.05) is 30.3 Å². The first kappa shape index (κ1) is 23.6. The van der Waals surface area contributed by atoms with Gasteiger partial charge in [0, 0.05) is 44.5 Å². The molecule has 170 valence electrons. The van der Waals surface area contributed by atoms with Gasteiger partial charge in [0.25, 0.3) is 0 Å². The number of anilines is 3. The molecule has 0 saturated carbocycles. The van der Waals surface area contributed by atoms with Gasteiger partial charge in [-0.2, -0.15) is 5.26 Å². The third-order valence-electron chi connectivity index (χ3n) is 5.83. The van der Waals surface area contributed by atoms with Crippen LogP contribution >= 0.6 is 0 Å². The Hall–Kier alpha value is -3.08. The molecule has 1 unspecified atom stereocenters. The number of hydrogen-bond donors (Lipinski definition) is 2. The van der Waals surface area contributed by atoms with Gasteiger partial charge >= 0.3 is 5.97 Å². The largest absolute Gasteiger partial charge is 0.481 e. The molecule has 7 heteroatoms. The lowest BCUT2D eigenvalue weighted by Crippen LogP contribution is -2.39. The first-order valence-corrected chi connectivity index (χ1v) is 11.0. The number of carboxylic acid groups (broad SMARTS) is 1. The number of nitrogens with zero attached hydrogens (tertiary/aromatic N) is 2. The maximum absolute atomic E-state index is 11.4. The summed E-state index contributed by atoms with van der Waals surface area (Å²) in [6.45, 7) is 4.81. The molecular formula is C25H31N3O4. The van der Waals surface area contributed by atoms with Gasteiger partial charge in [-0.3, -0.25) is 4.79 Å². The molecule has 1 aliphatic heterocycles. The predicted molar refractivity (Wildman–Crippen MR) is 125 cm³/mol. The quantitative estimate of drug-likeness (QED) is 0.565. The fourth-order valence-corrected chi connectivity index (χ4v) is 4.29. The van der Waals surface area contributed by atoms with E-state index in [4.69, 9.17) is 9.47 Å². The van der Waals surface area contributed by atoms with Crippen molar-refractivity contribution in [1.29, 1.82) is 5.26 Å². The van der Waals surface area contributed by atoms with Crippen LogP contribution in [0.2, 0.25) is 0 Å². The van der Waals surface area contributed by atoms with Gasteiger partial charge < -0.3 is 24.8 Å². The second-order valence-electron chi connectivity index (χ2n) is 7.97. The highest BCUT2D eigenvalue weighted by atomic mass is 16.5. The summed E-state index contributed by atoms with van der Waals surface area (Å²) < 4.78 is 10.9. The van der Waals surface area contributed by atoms with E-state index in [2.05, 4.69) is 29.3 Å². The van der Waals surface area contributed by atoms with Crippen LogP contribution < -0.4 is 10.2 Å². The molecule has 1 heterocycles. The molecule has 0 bridgehead atoms. The summed E-state index contributed by atoms with van der Waals surface area (Å²) in [5.41, 5.74) is 4.23. The summed E-state index contributed by atoms with van der Waals surface area (Å²) in [5, 5.41) is 22.1. The Morgan fingerprint density at radius 3 is 2.75 bits per heavy atom. The fraction of sp³-hybridized carbons (Fsp3) is 0.440. The van der Waals surface area contributed by atoms with Crippen LogP contribution in [0.4, 0.5) is 17.1 Å². The first-order valence-electron chi connectivity index (χ1n) is 11.0. The average Bonchev–Trinajstić information content (AvgIpc) is 2.81. The number of nitrogens with one attached hydrogen (secondary N) is 1. The summed E-state index contributed by atoms with van der Waals surface area (Å²) in [6, 6.07) is 16.0. The Kier molecular flexibility index (Phi) is 8.48. The molecule has 2 N–H and O–H groups in total. The molecule has 0 spiro atoms. The highest BCUT2D eigenvalue weighted by molar-refractivity contribution is 5.77. The lowest BCUT2D eigenvalue weighted by molar-refractivity contribution is -0.137. The van der Waals surface area contributed by atoms with Gasteiger partial charge in [-0.25, -0.2) is 0 Å². The third-order valence-corrected chi connectivity index (χ3v) is 5.83. The van der Waals surface area contributed by atoms with E-state index in [-0.39, 0.29) is 12.3 Å². The Labute approximate surface area is 189 Å². The van der Waals surface area contributed by atoms with Crippen LogP contribution in [0, 0.1) is 11.3 Å². The molecule has 7 nitrogen and oxygen atoms in total. The molecule has 2 aromatic rings. The van der Waals surface area contributed by atoms with Crippen molar-refractivity contribution in [2.24, 2.45) is 0 Å². The third kappa shape index (κ3) is 6.00. The van der Waals surface area contributed by atoms with Crippen LogP contribution in [0.5, 0.6) is 0 Å². The second-order valence-corrected chi connectivity index (χ2v) is 7.97. The van der Waals surface area contributed by atoms with E-state index in [0.29, 0.717) is 18.2 Å². The van der Waals surface area contributed by atoms with Gasteiger partial charge in [0.1, 0.15) is 0 Å². The number of methoxy groups -OCH3 is 1. The van der Waals surface area contributed by atoms with Crippen molar-refractivity contribution in [1.82, 2.24) is 0 Å². The van der Waals surface area contributed by atoms with Crippen LogP contribution in [-0.4, -0.2) is 50.6 Å². The Bertz CT molecular complexity index is 950.